The number of rotatable bonds is 9. The maximum Gasteiger partial charge on any atom is 0.256 e. The Morgan fingerprint density at radius 1 is 1.15 bits per heavy atom. The first-order valence-electron chi connectivity index (χ1n) is 7.89. The zero-order chi connectivity index (χ0) is 18.1. The molecule has 9 heteroatoms. The highest BCUT2D eigenvalue weighted by atomic mass is 35.5. The summed E-state index contributed by atoms with van der Waals surface area (Å²) in [5.74, 6) is 3.28. The van der Waals surface area contributed by atoms with E-state index in [1.54, 1.807) is 12.1 Å². The summed E-state index contributed by atoms with van der Waals surface area (Å²) in [6, 6.07) is 6.14. The summed E-state index contributed by atoms with van der Waals surface area (Å²) >= 11 is 0. The Labute approximate surface area is 158 Å². The zero-order valence-corrected chi connectivity index (χ0v) is 15.5. The fraction of sp³-hybridized carbons (Fsp3) is 0.353. The molecule has 7 nitrogen and oxygen atoms in total. The van der Waals surface area contributed by atoms with E-state index in [4.69, 9.17) is 11.3 Å². The fourth-order valence-electron chi connectivity index (χ4n) is 1.97. The van der Waals surface area contributed by atoms with Crippen molar-refractivity contribution in [3.63, 3.8) is 0 Å². The molecule has 2 N–H and O–H groups in total. The summed E-state index contributed by atoms with van der Waals surface area (Å²) in [7, 11) is 1.51. The van der Waals surface area contributed by atoms with Gasteiger partial charge in [-0.1, -0.05) is 25.0 Å². The monoisotopic (exact) mass is 380 g/mol. The van der Waals surface area contributed by atoms with Crippen molar-refractivity contribution in [2.75, 3.05) is 35.9 Å². The molecule has 2 rings (SSSR count). The number of halogens is 2. The number of nitrogens with zero attached hydrogens (tertiary/aromatic N) is 4. The highest BCUT2D eigenvalue weighted by molar-refractivity contribution is 5.85. The van der Waals surface area contributed by atoms with E-state index in [9.17, 15) is 4.39 Å². The van der Waals surface area contributed by atoms with Crippen LogP contribution in [-0.4, -0.2) is 35.2 Å². The standard InChI is InChI=1S/C17H21FN6O.ClH/c1-4-10-19-15-21-16(20-11-5-2)23-17(22-15)24(25-3)12-13-6-8-14(18)9-7-13;/h1,6-9H,5,10-12H2,2-3H3,(H2,19,20,21,22,23);1H. The van der Waals surface area contributed by atoms with Crippen molar-refractivity contribution in [3.05, 3.63) is 35.6 Å². The van der Waals surface area contributed by atoms with Crippen molar-refractivity contribution in [1.29, 1.82) is 0 Å². The van der Waals surface area contributed by atoms with Gasteiger partial charge in [-0.25, -0.2) is 9.45 Å². The summed E-state index contributed by atoms with van der Waals surface area (Å²) < 4.78 is 13.1. The molecule has 0 fully saturated rings. The van der Waals surface area contributed by atoms with Crippen LogP contribution in [0.2, 0.25) is 0 Å². The molecule has 0 aliphatic rings. The number of nitrogens with one attached hydrogen (secondary N) is 2. The van der Waals surface area contributed by atoms with Gasteiger partial charge in [-0.3, -0.25) is 4.84 Å². The van der Waals surface area contributed by atoms with Crippen LogP contribution < -0.4 is 15.7 Å². The highest BCUT2D eigenvalue weighted by Gasteiger charge is 2.14. The third-order valence-corrected chi connectivity index (χ3v) is 3.19. The minimum atomic E-state index is -0.292. The number of terminal acetylenes is 1. The Kier molecular flexibility index (Phi) is 9.12. The van der Waals surface area contributed by atoms with Gasteiger partial charge in [-0.2, -0.15) is 15.0 Å². The molecule has 0 spiro atoms. The fourth-order valence-corrected chi connectivity index (χ4v) is 1.97. The second kappa shape index (κ2) is 11.1. The zero-order valence-electron chi connectivity index (χ0n) is 14.7. The van der Waals surface area contributed by atoms with Crippen molar-refractivity contribution in [1.82, 2.24) is 15.0 Å². The number of anilines is 3. The molecule has 1 heterocycles. The highest BCUT2D eigenvalue weighted by Crippen LogP contribution is 2.17. The van der Waals surface area contributed by atoms with Crippen molar-refractivity contribution in [2.24, 2.45) is 0 Å². The lowest BCUT2D eigenvalue weighted by Crippen LogP contribution is -2.25. The Morgan fingerprint density at radius 2 is 1.81 bits per heavy atom. The van der Waals surface area contributed by atoms with Gasteiger partial charge in [-0.05, 0) is 24.1 Å². The predicted molar refractivity (Wildman–Crippen MR) is 103 cm³/mol. The quantitative estimate of drug-likeness (QED) is 0.511. The summed E-state index contributed by atoms with van der Waals surface area (Å²) in [6.45, 7) is 3.41. The number of aromatic nitrogens is 3. The molecule has 1 aromatic carbocycles. The van der Waals surface area contributed by atoms with Gasteiger partial charge in [0, 0.05) is 6.54 Å². The average Bonchev–Trinajstić information content (AvgIpc) is 2.64. The van der Waals surface area contributed by atoms with E-state index in [-0.39, 0.29) is 18.2 Å². The van der Waals surface area contributed by atoms with Gasteiger partial charge < -0.3 is 10.6 Å². The lowest BCUT2D eigenvalue weighted by Gasteiger charge is -2.20. The molecule has 0 aliphatic heterocycles. The molecule has 0 bridgehead atoms. The molecule has 0 atom stereocenters. The maximum absolute atomic E-state index is 13.1. The van der Waals surface area contributed by atoms with E-state index < -0.39 is 0 Å². The van der Waals surface area contributed by atoms with Crippen molar-refractivity contribution >= 4 is 30.3 Å². The van der Waals surface area contributed by atoms with E-state index >= 15 is 0 Å². The smallest absolute Gasteiger partial charge is 0.256 e. The predicted octanol–water partition coefficient (Wildman–Crippen LogP) is 2.87. The van der Waals surface area contributed by atoms with Crippen LogP contribution in [0.25, 0.3) is 0 Å². The first kappa shape index (κ1) is 21.4. The van der Waals surface area contributed by atoms with Gasteiger partial charge in [0.15, 0.2) is 0 Å². The Hall–Kier alpha value is -2.63. The van der Waals surface area contributed by atoms with Gasteiger partial charge in [0.1, 0.15) is 5.82 Å². The van der Waals surface area contributed by atoms with E-state index in [1.165, 1.54) is 24.3 Å². The van der Waals surface area contributed by atoms with Gasteiger partial charge in [0.05, 0.1) is 20.2 Å². The van der Waals surface area contributed by atoms with Crippen LogP contribution in [0.5, 0.6) is 0 Å². The van der Waals surface area contributed by atoms with Crippen LogP contribution in [0.4, 0.5) is 22.2 Å². The average molecular weight is 381 g/mol. The molecular weight excluding hydrogens is 359 g/mol. The lowest BCUT2D eigenvalue weighted by atomic mass is 10.2. The molecular formula is C17H22ClFN6O. The molecule has 1 aromatic heterocycles. The van der Waals surface area contributed by atoms with Gasteiger partial charge >= 0.3 is 0 Å². The van der Waals surface area contributed by atoms with Crippen molar-refractivity contribution in [2.45, 2.75) is 19.9 Å². The summed E-state index contributed by atoms with van der Waals surface area (Å²) in [6.07, 6.45) is 6.20. The van der Waals surface area contributed by atoms with Crippen LogP contribution in [0.15, 0.2) is 24.3 Å². The van der Waals surface area contributed by atoms with Crippen LogP contribution in [0.1, 0.15) is 18.9 Å². The molecule has 140 valence electrons. The summed E-state index contributed by atoms with van der Waals surface area (Å²) in [4.78, 5) is 18.3. The van der Waals surface area contributed by atoms with Crippen LogP contribution >= 0.6 is 12.4 Å². The molecule has 0 saturated carbocycles. The van der Waals surface area contributed by atoms with Gasteiger partial charge in [0.25, 0.3) is 5.95 Å². The molecule has 0 unspecified atom stereocenters. The second-order valence-electron chi connectivity index (χ2n) is 5.11. The molecule has 0 amide bonds. The Morgan fingerprint density at radius 3 is 2.38 bits per heavy atom. The first-order valence-corrected chi connectivity index (χ1v) is 7.89. The lowest BCUT2D eigenvalue weighted by molar-refractivity contribution is 0.158. The number of hydroxylamine groups is 1. The molecule has 0 saturated heterocycles. The molecule has 0 aliphatic carbocycles. The topological polar surface area (TPSA) is 75.2 Å². The van der Waals surface area contributed by atoms with E-state index in [0.717, 1.165) is 18.5 Å². The Bertz CT molecular complexity index is 722. The molecule has 2 aromatic rings. The third-order valence-electron chi connectivity index (χ3n) is 3.19. The molecule has 0 radical (unpaired) electrons. The summed E-state index contributed by atoms with van der Waals surface area (Å²) in [5.41, 5.74) is 0.852. The second-order valence-corrected chi connectivity index (χ2v) is 5.11. The minimum absolute atomic E-state index is 0. The largest absolute Gasteiger partial charge is 0.354 e. The number of benzene rings is 1. The first-order chi connectivity index (χ1) is 12.2. The maximum atomic E-state index is 13.1. The van der Waals surface area contributed by atoms with Crippen LogP contribution in [0.3, 0.4) is 0 Å². The van der Waals surface area contributed by atoms with Gasteiger partial charge in [-0.15, -0.1) is 18.8 Å². The third kappa shape index (κ3) is 6.35. The normalized spacial score (nSPS) is 9.77. The van der Waals surface area contributed by atoms with Crippen molar-refractivity contribution < 1.29 is 9.23 Å². The van der Waals surface area contributed by atoms with E-state index in [1.807, 2.05) is 6.92 Å². The molecule has 26 heavy (non-hydrogen) atoms. The number of hydrogen-bond acceptors (Lipinski definition) is 7. The van der Waals surface area contributed by atoms with Gasteiger partial charge in [0.2, 0.25) is 11.9 Å². The van der Waals surface area contributed by atoms with E-state index in [2.05, 4.69) is 31.5 Å². The Balaban J connectivity index is 0.00000338. The van der Waals surface area contributed by atoms with Crippen LogP contribution in [-0.2, 0) is 11.4 Å². The number of hydrogen-bond donors (Lipinski definition) is 2. The van der Waals surface area contributed by atoms with Crippen LogP contribution in [0, 0.1) is 18.2 Å². The van der Waals surface area contributed by atoms with Crippen molar-refractivity contribution in [3.8, 4) is 12.3 Å². The van der Waals surface area contributed by atoms with E-state index in [0.29, 0.717) is 30.9 Å². The minimum Gasteiger partial charge on any atom is -0.354 e. The summed E-state index contributed by atoms with van der Waals surface area (Å²) in [5, 5.41) is 7.54. The SMILES string of the molecule is C#CCNc1nc(NCCC)nc(N(Cc2ccc(F)cc2)OC)n1.Cl.